The second-order valence-corrected chi connectivity index (χ2v) is 9.56. The minimum atomic E-state index is -0.616. The van der Waals surface area contributed by atoms with E-state index in [1.807, 2.05) is 13.8 Å². The molecule has 40 heavy (non-hydrogen) atoms. The fourth-order valence-electron chi connectivity index (χ4n) is 4.37. The van der Waals surface area contributed by atoms with Gasteiger partial charge in [-0.05, 0) is 61.4 Å². The third-order valence-corrected chi connectivity index (χ3v) is 6.53. The van der Waals surface area contributed by atoms with Crippen LogP contribution in [0.4, 0.5) is 20.3 Å². The molecule has 0 saturated carbocycles. The van der Waals surface area contributed by atoms with Crippen molar-refractivity contribution in [3.05, 3.63) is 99.4 Å². The van der Waals surface area contributed by atoms with Crippen molar-refractivity contribution in [2.75, 3.05) is 18.0 Å². The number of rotatable bonds is 8. The van der Waals surface area contributed by atoms with E-state index in [-0.39, 0.29) is 29.2 Å². The largest absolute Gasteiger partial charge is 0.375 e. The van der Waals surface area contributed by atoms with Crippen LogP contribution in [0, 0.1) is 21.7 Å². The average molecular weight is 550 g/mol. The summed E-state index contributed by atoms with van der Waals surface area (Å²) in [5.74, 6) is 0.213. The quantitative estimate of drug-likeness (QED) is 0.161. The van der Waals surface area contributed by atoms with Gasteiger partial charge in [0.2, 0.25) is 11.7 Å². The van der Waals surface area contributed by atoms with Crippen LogP contribution >= 0.6 is 0 Å². The Morgan fingerprint density at radius 2 is 1.65 bits per heavy atom. The van der Waals surface area contributed by atoms with Gasteiger partial charge in [0.25, 0.3) is 0 Å². The van der Waals surface area contributed by atoms with Crippen LogP contribution in [0.2, 0.25) is 0 Å². The lowest BCUT2D eigenvalue weighted by atomic mass is 9.96. The Balaban J connectivity index is 1.41. The highest BCUT2D eigenvalue weighted by Crippen LogP contribution is 2.37. The van der Waals surface area contributed by atoms with Crippen molar-refractivity contribution in [3.8, 4) is 5.88 Å². The molecule has 1 fully saturated rings. The summed E-state index contributed by atoms with van der Waals surface area (Å²) in [4.78, 5) is 31.5. The molecule has 0 aliphatic carbocycles. The Morgan fingerprint density at radius 3 is 2.17 bits per heavy atom. The normalized spacial score (nSPS) is 13.9. The Morgan fingerprint density at radius 1 is 1.05 bits per heavy atom. The van der Waals surface area contributed by atoms with Gasteiger partial charge in [-0.2, -0.15) is 9.97 Å². The van der Waals surface area contributed by atoms with E-state index in [9.17, 15) is 18.9 Å². The van der Waals surface area contributed by atoms with Crippen molar-refractivity contribution in [2.24, 2.45) is 5.16 Å². The molecule has 0 atom stereocenters. The average Bonchev–Trinajstić information content (AvgIpc) is 3.46. The van der Waals surface area contributed by atoms with Crippen LogP contribution in [0.1, 0.15) is 61.4 Å². The molecule has 206 valence electrons. The number of hydrogen-bond acceptors (Lipinski definition) is 10. The Labute approximate surface area is 227 Å². The van der Waals surface area contributed by atoms with Gasteiger partial charge < -0.3 is 14.3 Å². The highest BCUT2D eigenvalue weighted by atomic mass is 19.1. The SMILES string of the molecule is CC(C)c1noc(C2CCN(c3ncnc(ON=C(c4ccc(F)cc4)c4ccc(F)cc4)c3[N+](=O)[O-])CC2)n1. The summed E-state index contributed by atoms with van der Waals surface area (Å²) in [5, 5.41) is 20.3. The molecule has 0 bridgehead atoms. The number of piperidine rings is 1. The van der Waals surface area contributed by atoms with Gasteiger partial charge in [-0.1, -0.05) is 24.2 Å². The van der Waals surface area contributed by atoms with Crippen LogP contribution in [-0.4, -0.2) is 43.8 Å². The molecule has 0 radical (unpaired) electrons. The van der Waals surface area contributed by atoms with Crippen LogP contribution in [0.15, 0.2) is 64.5 Å². The summed E-state index contributed by atoms with van der Waals surface area (Å²) in [7, 11) is 0. The molecule has 2 aromatic heterocycles. The maximum atomic E-state index is 13.5. The number of anilines is 1. The molecular formula is C27H25F2N7O4. The van der Waals surface area contributed by atoms with Crippen LogP contribution in [0.5, 0.6) is 5.88 Å². The molecule has 2 aromatic carbocycles. The van der Waals surface area contributed by atoms with Crippen molar-refractivity contribution in [2.45, 2.75) is 38.5 Å². The fourth-order valence-corrected chi connectivity index (χ4v) is 4.37. The summed E-state index contributed by atoms with van der Waals surface area (Å²) in [6.45, 7) is 4.89. The van der Waals surface area contributed by atoms with Gasteiger partial charge in [-0.3, -0.25) is 10.1 Å². The molecular weight excluding hydrogens is 524 g/mol. The molecule has 0 spiro atoms. The Bertz CT molecular complexity index is 1470. The maximum absolute atomic E-state index is 13.5. The fraction of sp³-hybridized carbons (Fsp3) is 0.296. The second kappa shape index (κ2) is 11.5. The van der Waals surface area contributed by atoms with Crippen LogP contribution in [0.25, 0.3) is 0 Å². The summed E-state index contributed by atoms with van der Waals surface area (Å²) < 4.78 is 32.5. The van der Waals surface area contributed by atoms with Crippen molar-refractivity contribution >= 4 is 17.2 Å². The third-order valence-electron chi connectivity index (χ3n) is 6.53. The predicted octanol–water partition coefficient (Wildman–Crippen LogP) is 5.38. The lowest BCUT2D eigenvalue weighted by Crippen LogP contribution is -2.34. The zero-order chi connectivity index (χ0) is 28.2. The van der Waals surface area contributed by atoms with Crippen molar-refractivity contribution in [1.29, 1.82) is 0 Å². The Kier molecular flexibility index (Phi) is 7.71. The summed E-state index contributed by atoms with van der Waals surface area (Å²) in [5.41, 5.74) is 0.667. The monoisotopic (exact) mass is 549 g/mol. The highest BCUT2D eigenvalue weighted by molar-refractivity contribution is 6.12. The molecule has 5 rings (SSSR count). The first-order valence-electron chi connectivity index (χ1n) is 12.6. The lowest BCUT2D eigenvalue weighted by Gasteiger charge is -2.30. The number of nitrogens with zero attached hydrogens (tertiary/aromatic N) is 7. The lowest BCUT2D eigenvalue weighted by molar-refractivity contribution is -0.385. The van der Waals surface area contributed by atoms with Crippen molar-refractivity contribution in [3.63, 3.8) is 0 Å². The van der Waals surface area contributed by atoms with Gasteiger partial charge in [0.05, 0.1) is 4.92 Å². The summed E-state index contributed by atoms with van der Waals surface area (Å²) in [6.07, 6.45) is 2.44. The van der Waals surface area contributed by atoms with Crippen LogP contribution in [0.3, 0.4) is 0 Å². The van der Waals surface area contributed by atoms with Gasteiger partial charge in [0.1, 0.15) is 23.7 Å². The number of aromatic nitrogens is 4. The molecule has 1 aliphatic rings. The minimum Gasteiger partial charge on any atom is -0.351 e. The molecule has 11 nitrogen and oxygen atoms in total. The number of benzene rings is 2. The highest BCUT2D eigenvalue weighted by Gasteiger charge is 2.33. The smallest absolute Gasteiger partial charge is 0.351 e. The van der Waals surface area contributed by atoms with E-state index in [1.165, 1.54) is 54.9 Å². The zero-order valence-corrected chi connectivity index (χ0v) is 21.7. The van der Waals surface area contributed by atoms with E-state index in [1.54, 1.807) is 4.90 Å². The first kappa shape index (κ1) is 26.8. The van der Waals surface area contributed by atoms with E-state index in [0.717, 1.165) is 0 Å². The molecule has 1 aliphatic heterocycles. The van der Waals surface area contributed by atoms with E-state index in [4.69, 9.17) is 9.36 Å². The molecule has 0 unspecified atom stereocenters. The second-order valence-electron chi connectivity index (χ2n) is 9.56. The van der Waals surface area contributed by atoms with Crippen molar-refractivity contribution in [1.82, 2.24) is 20.1 Å². The topological polar surface area (TPSA) is 133 Å². The predicted molar refractivity (Wildman–Crippen MR) is 140 cm³/mol. The minimum absolute atomic E-state index is 0.0337. The van der Waals surface area contributed by atoms with Gasteiger partial charge >= 0.3 is 11.6 Å². The Hall–Kier alpha value is -4.81. The van der Waals surface area contributed by atoms with E-state index < -0.39 is 22.2 Å². The first-order chi connectivity index (χ1) is 19.3. The molecule has 1 saturated heterocycles. The molecule has 0 N–H and O–H groups in total. The van der Waals surface area contributed by atoms with E-state index in [2.05, 4.69) is 25.3 Å². The molecule has 4 aromatic rings. The van der Waals surface area contributed by atoms with Crippen LogP contribution in [-0.2, 0) is 0 Å². The van der Waals surface area contributed by atoms with Gasteiger partial charge in [-0.15, -0.1) is 0 Å². The van der Waals surface area contributed by atoms with Gasteiger partial charge in [0.15, 0.2) is 5.82 Å². The standard InChI is InChI=1S/C27H25F2N7O4/c1-16(2)24-32-26(39-34-24)19-11-13-35(14-12-19)25-23(36(37)38)27(31-15-30-25)40-33-22(17-3-7-20(28)8-4-17)18-5-9-21(29)10-6-18/h3-10,15-16,19H,11-14H2,1-2H3. The first-order valence-corrected chi connectivity index (χ1v) is 12.6. The maximum Gasteiger partial charge on any atom is 0.375 e. The number of nitro groups is 1. The summed E-state index contributed by atoms with van der Waals surface area (Å²) >= 11 is 0. The molecule has 0 amide bonds. The van der Waals surface area contributed by atoms with E-state index in [0.29, 0.717) is 48.8 Å². The van der Waals surface area contributed by atoms with E-state index >= 15 is 0 Å². The van der Waals surface area contributed by atoms with Gasteiger partial charge in [-0.25, -0.2) is 13.8 Å². The van der Waals surface area contributed by atoms with Gasteiger partial charge in [0, 0.05) is 36.1 Å². The molecule has 13 heteroatoms. The number of hydrogen-bond donors (Lipinski definition) is 0. The zero-order valence-electron chi connectivity index (χ0n) is 21.7. The number of halogens is 2. The molecule has 3 heterocycles. The third kappa shape index (κ3) is 5.77. The number of oxime groups is 1. The van der Waals surface area contributed by atoms with Crippen molar-refractivity contribution < 1.29 is 23.1 Å². The van der Waals surface area contributed by atoms with Crippen LogP contribution < -0.4 is 9.74 Å². The summed E-state index contributed by atoms with van der Waals surface area (Å²) in [6, 6.07) is 10.8.